The van der Waals surface area contributed by atoms with Gasteiger partial charge in [0.1, 0.15) is 0 Å². The van der Waals surface area contributed by atoms with Gasteiger partial charge in [-0.3, -0.25) is 4.79 Å². The van der Waals surface area contributed by atoms with Gasteiger partial charge in [-0.15, -0.1) is 21.5 Å². The van der Waals surface area contributed by atoms with E-state index >= 15 is 0 Å². The zero-order chi connectivity index (χ0) is 21.5. The number of carbonyl (C=O) groups excluding carboxylic acids is 1. The molecule has 7 nitrogen and oxygen atoms in total. The molecule has 1 fully saturated rings. The van der Waals surface area contributed by atoms with E-state index in [0.717, 1.165) is 29.5 Å². The summed E-state index contributed by atoms with van der Waals surface area (Å²) < 4.78 is 25.1. The molecule has 3 atom stereocenters. The first-order valence-electron chi connectivity index (χ1n) is 10.4. The minimum absolute atomic E-state index is 0.0339. The Kier molecular flexibility index (Phi) is 6.28. The van der Waals surface area contributed by atoms with Crippen LogP contribution in [0.25, 0.3) is 10.7 Å². The maximum absolute atomic E-state index is 12.5. The van der Waals surface area contributed by atoms with Crippen molar-refractivity contribution in [3.05, 3.63) is 16.5 Å². The van der Waals surface area contributed by atoms with Crippen LogP contribution in [0, 0.1) is 5.92 Å². The molecule has 0 unspecified atom stereocenters. The van der Waals surface area contributed by atoms with E-state index in [4.69, 9.17) is 0 Å². The van der Waals surface area contributed by atoms with Gasteiger partial charge in [-0.05, 0) is 50.2 Å². The van der Waals surface area contributed by atoms with Gasteiger partial charge in [0.2, 0.25) is 5.91 Å². The second kappa shape index (κ2) is 8.63. The molecule has 0 aromatic carbocycles. The van der Waals surface area contributed by atoms with E-state index in [1.807, 2.05) is 18.5 Å². The van der Waals surface area contributed by atoms with Crippen molar-refractivity contribution in [3.63, 3.8) is 0 Å². The molecule has 1 amide bonds. The number of carbonyl (C=O) groups is 1. The minimum Gasteiger partial charge on any atom is -0.351 e. The molecule has 2 aromatic rings. The van der Waals surface area contributed by atoms with Gasteiger partial charge >= 0.3 is 0 Å². The maximum Gasteiger partial charge on any atom is 0.233 e. The summed E-state index contributed by atoms with van der Waals surface area (Å²) in [4.78, 5) is 15.1. The van der Waals surface area contributed by atoms with Gasteiger partial charge in [-0.1, -0.05) is 25.1 Å². The molecular weight excluding hydrogens is 440 g/mol. The Labute approximate surface area is 186 Å². The lowest BCUT2D eigenvalue weighted by Gasteiger charge is -2.19. The summed E-state index contributed by atoms with van der Waals surface area (Å²) in [6.45, 7) is 4.07. The van der Waals surface area contributed by atoms with Gasteiger partial charge in [-0.2, -0.15) is 0 Å². The summed E-state index contributed by atoms with van der Waals surface area (Å²) in [5, 5.41) is 11.9. The number of thioether (sulfide) groups is 1. The number of aromatic nitrogens is 3. The van der Waals surface area contributed by atoms with Crippen molar-refractivity contribution in [1.82, 2.24) is 20.1 Å². The third kappa shape index (κ3) is 4.60. The van der Waals surface area contributed by atoms with Crippen LogP contribution in [-0.2, 0) is 34.5 Å². The summed E-state index contributed by atoms with van der Waals surface area (Å²) in [5.74, 6) is 1.63. The van der Waals surface area contributed by atoms with Crippen molar-refractivity contribution in [3.8, 4) is 10.7 Å². The fourth-order valence-corrected chi connectivity index (χ4v) is 7.86. The van der Waals surface area contributed by atoms with Crippen molar-refractivity contribution in [2.75, 3.05) is 11.5 Å². The zero-order valence-corrected chi connectivity index (χ0v) is 20.0. The van der Waals surface area contributed by atoms with Crippen molar-refractivity contribution in [2.45, 2.75) is 62.4 Å². The number of hydrogen-bond acceptors (Lipinski definition) is 7. The predicted molar refractivity (Wildman–Crippen MR) is 121 cm³/mol. The number of sulfone groups is 1. The Balaban J connectivity index is 1.42. The van der Waals surface area contributed by atoms with Crippen LogP contribution < -0.4 is 5.32 Å². The van der Waals surface area contributed by atoms with Crippen LogP contribution in [0.2, 0.25) is 0 Å². The molecule has 0 bridgehead atoms. The predicted octanol–water partition coefficient (Wildman–Crippen LogP) is 2.84. The van der Waals surface area contributed by atoms with Crippen molar-refractivity contribution in [1.29, 1.82) is 0 Å². The van der Waals surface area contributed by atoms with Crippen LogP contribution >= 0.6 is 23.1 Å². The highest BCUT2D eigenvalue weighted by atomic mass is 32.2. The number of thiophene rings is 1. The van der Waals surface area contributed by atoms with Crippen molar-refractivity contribution < 1.29 is 13.2 Å². The standard InChI is InChI=1S/C20H28N4O3S3/c1-4-13-5-6-16-14(9-13)10-17(29-16)18-22-23-20(24(18)3)28-12(2)19(25)21-15-7-8-30(26,27)11-15/h10,12-13,15H,4-9,11H2,1-3H3,(H,21,25)/t12-,13-,15+/m1/s1. The first-order chi connectivity index (χ1) is 14.3. The fraction of sp³-hybridized carbons (Fsp3) is 0.650. The maximum atomic E-state index is 12.5. The normalized spacial score (nSPS) is 23.8. The molecule has 3 heterocycles. The topological polar surface area (TPSA) is 94.0 Å². The Hall–Kier alpha value is -1.39. The smallest absolute Gasteiger partial charge is 0.233 e. The first-order valence-corrected chi connectivity index (χ1v) is 14.0. The van der Waals surface area contributed by atoms with Crippen LogP contribution in [0.5, 0.6) is 0 Å². The largest absolute Gasteiger partial charge is 0.351 e. The zero-order valence-electron chi connectivity index (χ0n) is 17.6. The van der Waals surface area contributed by atoms with E-state index in [1.54, 1.807) is 11.3 Å². The Morgan fingerprint density at radius 1 is 1.40 bits per heavy atom. The summed E-state index contributed by atoms with van der Waals surface area (Å²) >= 11 is 3.15. The molecule has 2 aromatic heterocycles. The lowest BCUT2D eigenvalue weighted by molar-refractivity contribution is -0.120. The third-order valence-corrected chi connectivity index (χ3v) is 10.2. The van der Waals surface area contributed by atoms with E-state index in [9.17, 15) is 13.2 Å². The third-order valence-electron chi connectivity index (χ3n) is 6.05. The number of nitrogens with zero attached hydrogens (tertiary/aromatic N) is 3. The molecule has 164 valence electrons. The lowest BCUT2D eigenvalue weighted by Crippen LogP contribution is -2.40. The molecule has 0 radical (unpaired) electrons. The highest BCUT2D eigenvalue weighted by Crippen LogP contribution is 2.38. The van der Waals surface area contributed by atoms with Gasteiger partial charge in [0.25, 0.3) is 0 Å². The molecule has 0 saturated carbocycles. The van der Waals surface area contributed by atoms with Crippen LogP contribution in [0.4, 0.5) is 0 Å². The highest BCUT2D eigenvalue weighted by Gasteiger charge is 2.30. The molecule has 1 aliphatic carbocycles. The second-order valence-corrected chi connectivity index (χ2v) is 13.0. The Bertz CT molecular complexity index is 1040. The van der Waals surface area contributed by atoms with Crippen molar-refractivity contribution in [2.24, 2.45) is 13.0 Å². The number of nitrogens with one attached hydrogen (secondary N) is 1. The Morgan fingerprint density at radius 3 is 2.90 bits per heavy atom. The summed E-state index contributed by atoms with van der Waals surface area (Å²) in [5.41, 5.74) is 1.45. The number of hydrogen-bond donors (Lipinski definition) is 1. The number of amides is 1. The summed E-state index contributed by atoms with van der Waals surface area (Å²) in [6.07, 6.45) is 5.27. The molecule has 4 rings (SSSR count). The van der Waals surface area contributed by atoms with Gasteiger partial charge in [0.15, 0.2) is 20.8 Å². The minimum atomic E-state index is -3.01. The highest BCUT2D eigenvalue weighted by molar-refractivity contribution is 8.00. The SMILES string of the molecule is CC[C@@H]1CCc2sc(-c3nnc(S[C@H](C)C(=O)N[C@H]4CCS(=O)(=O)C4)n3C)cc2C1. The summed E-state index contributed by atoms with van der Waals surface area (Å²) in [6, 6.07) is 1.97. The van der Waals surface area contributed by atoms with Crippen LogP contribution in [-0.4, -0.2) is 51.9 Å². The molecule has 10 heteroatoms. The second-order valence-electron chi connectivity index (χ2n) is 8.31. The lowest BCUT2D eigenvalue weighted by atomic mass is 9.87. The molecular formula is C20H28N4O3S3. The number of fused-ring (bicyclic) bond motifs is 1. The monoisotopic (exact) mass is 468 g/mol. The Morgan fingerprint density at radius 2 is 2.20 bits per heavy atom. The molecule has 1 N–H and O–H groups in total. The molecule has 2 aliphatic rings. The molecule has 0 spiro atoms. The number of aryl methyl sites for hydroxylation is 1. The van der Waals surface area contributed by atoms with Gasteiger partial charge < -0.3 is 9.88 Å². The van der Waals surface area contributed by atoms with Crippen LogP contribution in [0.1, 0.15) is 43.6 Å². The van der Waals surface area contributed by atoms with E-state index in [1.165, 1.54) is 35.0 Å². The average molecular weight is 469 g/mol. The molecule has 1 aliphatic heterocycles. The molecule has 1 saturated heterocycles. The van der Waals surface area contributed by atoms with Crippen LogP contribution in [0.15, 0.2) is 11.2 Å². The van der Waals surface area contributed by atoms with E-state index in [0.29, 0.717) is 11.6 Å². The van der Waals surface area contributed by atoms with Gasteiger partial charge in [0.05, 0.1) is 21.6 Å². The quantitative estimate of drug-likeness (QED) is 0.655. The summed E-state index contributed by atoms with van der Waals surface area (Å²) in [7, 11) is -1.08. The first kappa shape index (κ1) is 21.8. The fourth-order valence-electron chi connectivity index (χ4n) is 4.13. The van der Waals surface area contributed by atoms with E-state index in [2.05, 4.69) is 28.5 Å². The van der Waals surface area contributed by atoms with Crippen molar-refractivity contribution >= 4 is 38.8 Å². The van der Waals surface area contributed by atoms with Gasteiger partial charge in [0, 0.05) is 18.0 Å². The van der Waals surface area contributed by atoms with Gasteiger partial charge in [-0.25, -0.2) is 8.42 Å². The van der Waals surface area contributed by atoms with E-state index < -0.39 is 9.84 Å². The van der Waals surface area contributed by atoms with Crippen LogP contribution in [0.3, 0.4) is 0 Å². The molecule has 30 heavy (non-hydrogen) atoms. The average Bonchev–Trinajstić information content (AvgIpc) is 3.38. The van der Waals surface area contributed by atoms with E-state index in [-0.39, 0.29) is 28.7 Å². The number of rotatable bonds is 6.